The Morgan fingerprint density at radius 1 is 1.25 bits per heavy atom. The van der Waals surface area contributed by atoms with Gasteiger partial charge in [-0.2, -0.15) is 0 Å². The van der Waals surface area contributed by atoms with E-state index in [-0.39, 0.29) is 31.7 Å². The molecule has 0 heterocycles. The molecular formula is C10H23NO4S. The highest BCUT2D eigenvalue weighted by molar-refractivity contribution is 7.90. The van der Waals surface area contributed by atoms with Gasteiger partial charge in [0.25, 0.3) is 0 Å². The molecule has 6 heteroatoms. The van der Waals surface area contributed by atoms with Crippen LogP contribution in [0, 0.1) is 5.92 Å². The highest BCUT2D eigenvalue weighted by Crippen LogP contribution is 2.10. The van der Waals surface area contributed by atoms with Crippen molar-refractivity contribution in [2.45, 2.75) is 26.3 Å². The molecule has 5 nitrogen and oxygen atoms in total. The first-order chi connectivity index (χ1) is 7.30. The van der Waals surface area contributed by atoms with Crippen LogP contribution in [0.2, 0.25) is 0 Å². The molecule has 0 saturated heterocycles. The third-order valence-corrected chi connectivity index (χ3v) is 3.33. The van der Waals surface area contributed by atoms with E-state index >= 15 is 0 Å². The van der Waals surface area contributed by atoms with Crippen LogP contribution in [0.5, 0.6) is 0 Å². The molecule has 0 bridgehead atoms. The lowest BCUT2D eigenvalue weighted by Gasteiger charge is -2.29. The molecule has 0 aliphatic heterocycles. The Labute approximate surface area is 98.0 Å². The Kier molecular flexibility index (Phi) is 7.14. The summed E-state index contributed by atoms with van der Waals surface area (Å²) in [6.45, 7) is 4.01. The summed E-state index contributed by atoms with van der Waals surface area (Å²) in [7, 11) is -3.03. The predicted molar refractivity (Wildman–Crippen MR) is 63.8 cm³/mol. The zero-order valence-electron chi connectivity index (χ0n) is 10.3. The lowest BCUT2D eigenvalue weighted by molar-refractivity contribution is 0.0360. The van der Waals surface area contributed by atoms with Crippen LogP contribution in [-0.2, 0) is 9.84 Å². The average Bonchev–Trinajstić information content (AvgIpc) is 2.14. The molecule has 0 aromatic carbocycles. The first-order valence-electron chi connectivity index (χ1n) is 5.43. The summed E-state index contributed by atoms with van der Waals surface area (Å²) in [4.78, 5) is 1.60. The number of nitrogens with zero attached hydrogens (tertiary/aromatic N) is 1. The van der Waals surface area contributed by atoms with E-state index in [2.05, 4.69) is 0 Å². The van der Waals surface area contributed by atoms with Crippen molar-refractivity contribution in [3.05, 3.63) is 0 Å². The molecule has 0 aliphatic rings. The lowest BCUT2D eigenvalue weighted by Crippen LogP contribution is -2.42. The number of aliphatic hydroxyl groups is 2. The second kappa shape index (κ2) is 7.21. The molecule has 16 heavy (non-hydrogen) atoms. The molecule has 0 radical (unpaired) electrons. The van der Waals surface area contributed by atoms with Crippen LogP contribution in [-0.4, -0.2) is 61.5 Å². The molecule has 0 fully saturated rings. The molecule has 0 amide bonds. The van der Waals surface area contributed by atoms with Crippen molar-refractivity contribution in [3.63, 3.8) is 0 Å². The molecule has 0 aliphatic carbocycles. The van der Waals surface area contributed by atoms with E-state index in [4.69, 9.17) is 5.11 Å². The maximum atomic E-state index is 11.0. The highest BCUT2D eigenvalue weighted by atomic mass is 32.2. The SMILES string of the molecule is CC(C)CC(CO)N(CO)CCS(C)(=O)=O. The van der Waals surface area contributed by atoms with Gasteiger partial charge in [0, 0.05) is 18.8 Å². The Morgan fingerprint density at radius 3 is 2.12 bits per heavy atom. The smallest absolute Gasteiger partial charge is 0.148 e. The van der Waals surface area contributed by atoms with Gasteiger partial charge >= 0.3 is 0 Å². The highest BCUT2D eigenvalue weighted by Gasteiger charge is 2.19. The molecule has 0 aromatic rings. The maximum absolute atomic E-state index is 11.0. The van der Waals surface area contributed by atoms with Gasteiger partial charge in [-0.15, -0.1) is 0 Å². The fourth-order valence-electron chi connectivity index (χ4n) is 1.54. The van der Waals surface area contributed by atoms with E-state index in [1.54, 1.807) is 4.90 Å². The fraction of sp³-hybridized carbons (Fsp3) is 1.00. The topological polar surface area (TPSA) is 77.8 Å². The second-order valence-corrected chi connectivity index (χ2v) is 6.81. The van der Waals surface area contributed by atoms with E-state index in [0.29, 0.717) is 5.92 Å². The van der Waals surface area contributed by atoms with Gasteiger partial charge in [0.05, 0.1) is 19.1 Å². The third kappa shape index (κ3) is 7.16. The van der Waals surface area contributed by atoms with Gasteiger partial charge in [0.15, 0.2) is 0 Å². The monoisotopic (exact) mass is 253 g/mol. The van der Waals surface area contributed by atoms with Crippen molar-refractivity contribution in [1.29, 1.82) is 0 Å². The van der Waals surface area contributed by atoms with Crippen molar-refractivity contribution in [3.8, 4) is 0 Å². The van der Waals surface area contributed by atoms with Crippen LogP contribution in [0.4, 0.5) is 0 Å². The minimum Gasteiger partial charge on any atom is -0.395 e. The van der Waals surface area contributed by atoms with Crippen LogP contribution in [0.25, 0.3) is 0 Å². The maximum Gasteiger partial charge on any atom is 0.148 e. The number of hydrogen-bond acceptors (Lipinski definition) is 5. The molecule has 0 saturated carbocycles. The van der Waals surface area contributed by atoms with Gasteiger partial charge in [-0.1, -0.05) is 13.8 Å². The zero-order chi connectivity index (χ0) is 12.8. The molecule has 98 valence electrons. The Balaban J connectivity index is 4.33. The van der Waals surface area contributed by atoms with E-state index in [9.17, 15) is 13.5 Å². The predicted octanol–water partition coefficient (Wildman–Crippen LogP) is -0.310. The summed E-state index contributed by atoms with van der Waals surface area (Å²) in [6, 6.07) is -0.174. The Morgan fingerprint density at radius 2 is 1.81 bits per heavy atom. The van der Waals surface area contributed by atoms with E-state index < -0.39 is 9.84 Å². The largest absolute Gasteiger partial charge is 0.395 e. The van der Waals surface area contributed by atoms with Crippen molar-refractivity contribution in [1.82, 2.24) is 4.90 Å². The quantitative estimate of drug-likeness (QED) is 0.580. The minimum absolute atomic E-state index is 0.00214. The first-order valence-corrected chi connectivity index (χ1v) is 7.49. The van der Waals surface area contributed by atoms with Crippen LogP contribution >= 0.6 is 0 Å². The number of aliphatic hydroxyl groups excluding tert-OH is 2. The molecular weight excluding hydrogens is 230 g/mol. The van der Waals surface area contributed by atoms with Crippen molar-refractivity contribution >= 4 is 9.84 Å². The molecule has 0 rings (SSSR count). The average molecular weight is 253 g/mol. The van der Waals surface area contributed by atoms with Crippen LogP contribution in [0.1, 0.15) is 20.3 Å². The van der Waals surface area contributed by atoms with Crippen molar-refractivity contribution < 1.29 is 18.6 Å². The zero-order valence-corrected chi connectivity index (χ0v) is 11.1. The summed E-state index contributed by atoms with van der Waals surface area (Å²) in [5, 5.41) is 18.4. The number of hydrogen-bond donors (Lipinski definition) is 2. The van der Waals surface area contributed by atoms with E-state index in [1.807, 2.05) is 13.8 Å². The molecule has 0 spiro atoms. The van der Waals surface area contributed by atoms with Crippen LogP contribution in [0.3, 0.4) is 0 Å². The first kappa shape index (κ1) is 15.8. The number of rotatable bonds is 8. The summed E-state index contributed by atoms with van der Waals surface area (Å²) in [5.41, 5.74) is 0. The molecule has 1 atom stereocenters. The summed E-state index contributed by atoms with van der Waals surface area (Å²) in [6.07, 6.45) is 1.90. The summed E-state index contributed by atoms with van der Waals surface area (Å²) >= 11 is 0. The summed E-state index contributed by atoms with van der Waals surface area (Å²) < 4.78 is 22.0. The van der Waals surface area contributed by atoms with Crippen LogP contribution < -0.4 is 0 Å². The molecule has 0 aromatic heterocycles. The minimum atomic E-state index is -3.03. The van der Waals surface area contributed by atoms with Gasteiger partial charge in [0.1, 0.15) is 9.84 Å². The standard InChI is InChI=1S/C10H23NO4S/c1-9(2)6-10(7-12)11(8-13)4-5-16(3,14)15/h9-10,12-13H,4-8H2,1-3H3. The number of sulfone groups is 1. The van der Waals surface area contributed by atoms with Crippen LogP contribution in [0.15, 0.2) is 0 Å². The van der Waals surface area contributed by atoms with Gasteiger partial charge in [-0.3, -0.25) is 4.90 Å². The van der Waals surface area contributed by atoms with Gasteiger partial charge in [-0.25, -0.2) is 8.42 Å². The molecule has 1 unspecified atom stereocenters. The lowest BCUT2D eigenvalue weighted by atomic mass is 10.0. The van der Waals surface area contributed by atoms with Gasteiger partial charge < -0.3 is 10.2 Å². The Hall–Kier alpha value is -0.170. The van der Waals surface area contributed by atoms with Gasteiger partial charge in [-0.05, 0) is 12.3 Å². The molecule has 2 N–H and O–H groups in total. The van der Waals surface area contributed by atoms with Crippen molar-refractivity contribution in [2.75, 3.05) is 31.9 Å². The van der Waals surface area contributed by atoms with Crippen molar-refractivity contribution in [2.24, 2.45) is 5.92 Å². The van der Waals surface area contributed by atoms with E-state index in [0.717, 1.165) is 6.42 Å². The Bertz CT molecular complexity index is 277. The normalized spacial score (nSPS) is 14.7. The second-order valence-electron chi connectivity index (χ2n) is 4.55. The van der Waals surface area contributed by atoms with Gasteiger partial charge in [0.2, 0.25) is 0 Å². The summed E-state index contributed by atoms with van der Waals surface area (Å²) in [5.74, 6) is 0.395. The fourth-order valence-corrected chi connectivity index (χ4v) is 2.10. The van der Waals surface area contributed by atoms with E-state index in [1.165, 1.54) is 6.26 Å². The third-order valence-electron chi connectivity index (χ3n) is 2.40.